The highest BCUT2D eigenvalue weighted by Gasteiger charge is 2.21. The lowest BCUT2D eigenvalue weighted by atomic mass is 10.00. The van der Waals surface area contributed by atoms with Crippen LogP contribution in [0.1, 0.15) is 23.5 Å². The lowest BCUT2D eigenvalue weighted by Crippen LogP contribution is -2.22. The Bertz CT molecular complexity index is 1730. The topological polar surface area (TPSA) is 109 Å². The van der Waals surface area contributed by atoms with Gasteiger partial charge in [-0.3, -0.25) is 4.40 Å². The third-order valence-corrected chi connectivity index (χ3v) is 6.91. The summed E-state index contributed by atoms with van der Waals surface area (Å²) < 4.78 is 2.10. The van der Waals surface area contributed by atoms with Crippen LogP contribution in [0.15, 0.2) is 72.9 Å². The molecule has 0 radical (unpaired) electrons. The van der Waals surface area contributed by atoms with Crippen molar-refractivity contribution in [3.63, 3.8) is 0 Å². The highest BCUT2D eigenvalue weighted by Crippen LogP contribution is 2.37. The number of carbonyl (C=O) groups excluding carboxylic acids is 1. The van der Waals surface area contributed by atoms with Crippen molar-refractivity contribution >= 4 is 45.1 Å². The first-order valence-corrected chi connectivity index (χ1v) is 12.7. The molecule has 1 aliphatic rings. The summed E-state index contributed by atoms with van der Waals surface area (Å²) in [6, 6.07) is 19.3. The number of imidazole rings is 1. The summed E-state index contributed by atoms with van der Waals surface area (Å²) in [7, 11) is 0. The first-order chi connectivity index (χ1) is 18.5. The quantitative estimate of drug-likeness (QED) is 0.249. The highest BCUT2D eigenvalue weighted by atomic mass is 16.2. The molecule has 0 saturated heterocycles. The minimum atomic E-state index is -0.302. The van der Waals surface area contributed by atoms with Gasteiger partial charge in [-0.15, -0.1) is 0 Å². The first-order valence-electron chi connectivity index (χ1n) is 12.7. The number of nitrogens with zero attached hydrogens (tertiary/aromatic N) is 3. The SMILES string of the molecule is Cc1cccc(NC(=O)Nc2ccc(-c3nc(C)n4c(C5=CCCNC5)cnc(N)c34)c3ccccc23)c1. The van der Waals surface area contributed by atoms with Crippen LogP contribution < -0.4 is 21.7 Å². The van der Waals surface area contributed by atoms with E-state index in [9.17, 15) is 4.79 Å². The number of nitrogen functional groups attached to an aromatic ring is 1. The Morgan fingerprint density at radius 1 is 1.03 bits per heavy atom. The van der Waals surface area contributed by atoms with E-state index >= 15 is 0 Å². The number of aryl methyl sites for hydroxylation is 2. The van der Waals surface area contributed by atoms with Crippen LogP contribution in [0.3, 0.4) is 0 Å². The lowest BCUT2D eigenvalue weighted by Gasteiger charge is -2.17. The summed E-state index contributed by atoms with van der Waals surface area (Å²) in [5, 5.41) is 11.2. The smallest absolute Gasteiger partial charge is 0.323 e. The average Bonchev–Trinajstić information content (AvgIpc) is 3.27. The van der Waals surface area contributed by atoms with E-state index in [0.29, 0.717) is 11.5 Å². The van der Waals surface area contributed by atoms with Gasteiger partial charge in [-0.25, -0.2) is 14.8 Å². The van der Waals surface area contributed by atoms with E-state index in [-0.39, 0.29) is 6.03 Å². The fourth-order valence-corrected chi connectivity index (χ4v) is 5.19. The molecule has 5 aromatic rings. The molecule has 3 heterocycles. The van der Waals surface area contributed by atoms with Crippen LogP contribution in [-0.4, -0.2) is 33.5 Å². The van der Waals surface area contributed by atoms with Crippen molar-refractivity contribution in [2.75, 3.05) is 29.5 Å². The molecule has 0 fully saturated rings. The van der Waals surface area contributed by atoms with Crippen LogP contribution >= 0.6 is 0 Å². The molecule has 0 aliphatic carbocycles. The Hall–Kier alpha value is -4.69. The molecular formula is C30H29N7O. The number of hydrogen-bond donors (Lipinski definition) is 4. The summed E-state index contributed by atoms with van der Waals surface area (Å²) in [5.74, 6) is 1.27. The number of urea groups is 1. The van der Waals surface area contributed by atoms with E-state index in [0.717, 1.165) is 69.8 Å². The van der Waals surface area contributed by atoms with Crippen molar-refractivity contribution in [3.8, 4) is 11.3 Å². The van der Waals surface area contributed by atoms with Gasteiger partial charge in [0.1, 0.15) is 22.9 Å². The monoisotopic (exact) mass is 503 g/mol. The van der Waals surface area contributed by atoms with Crippen molar-refractivity contribution in [1.82, 2.24) is 19.7 Å². The molecule has 0 atom stereocenters. The molecular weight excluding hydrogens is 474 g/mol. The number of nitrogens with one attached hydrogen (secondary N) is 3. The van der Waals surface area contributed by atoms with Gasteiger partial charge in [0.05, 0.1) is 17.6 Å². The van der Waals surface area contributed by atoms with Crippen molar-refractivity contribution in [2.24, 2.45) is 0 Å². The molecule has 0 saturated carbocycles. The molecule has 0 unspecified atom stereocenters. The van der Waals surface area contributed by atoms with Gasteiger partial charge in [0, 0.05) is 23.2 Å². The second-order valence-electron chi connectivity index (χ2n) is 9.57. The molecule has 190 valence electrons. The summed E-state index contributed by atoms with van der Waals surface area (Å²) in [4.78, 5) is 22.4. The standard InChI is InChI=1S/C30H29N7O/c1-18-7-5-9-21(15-18)35-30(38)36-25-13-12-24(22-10-3-4-11-23(22)25)27-28-29(31)33-17-26(37(28)19(2)34-27)20-8-6-14-32-16-20/h3-5,7-13,15,17,32H,6,14,16H2,1-2H3,(H2,31,33)(H2,35,36,38). The molecule has 0 spiro atoms. The second kappa shape index (κ2) is 9.64. The van der Waals surface area contributed by atoms with Crippen LogP contribution in [0.5, 0.6) is 0 Å². The van der Waals surface area contributed by atoms with Gasteiger partial charge < -0.3 is 21.7 Å². The van der Waals surface area contributed by atoms with Crippen LogP contribution in [-0.2, 0) is 0 Å². The predicted octanol–water partition coefficient (Wildman–Crippen LogP) is 5.77. The number of fused-ring (bicyclic) bond motifs is 2. The maximum Gasteiger partial charge on any atom is 0.323 e. The molecule has 38 heavy (non-hydrogen) atoms. The van der Waals surface area contributed by atoms with E-state index < -0.39 is 0 Å². The first kappa shape index (κ1) is 23.7. The zero-order valence-electron chi connectivity index (χ0n) is 21.4. The van der Waals surface area contributed by atoms with Gasteiger partial charge in [0.25, 0.3) is 0 Å². The van der Waals surface area contributed by atoms with Crippen LogP contribution in [0.4, 0.5) is 22.0 Å². The Labute approximate surface area is 220 Å². The number of aromatic nitrogens is 3. The van der Waals surface area contributed by atoms with Crippen molar-refractivity contribution in [2.45, 2.75) is 20.3 Å². The van der Waals surface area contributed by atoms with Crippen molar-refractivity contribution in [1.29, 1.82) is 0 Å². The zero-order valence-corrected chi connectivity index (χ0v) is 21.4. The van der Waals surface area contributed by atoms with Gasteiger partial charge in [0.2, 0.25) is 0 Å². The maximum absolute atomic E-state index is 12.8. The normalized spacial score (nSPS) is 13.5. The van der Waals surface area contributed by atoms with Crippen molar-refractivity contribution in [3.05, 3.63) is 90.0 Å². The minimum absolute atomic E-state index is 0.302. The summed E-state index contributed by atoms with van der Waals surface area (Å²) in [6.07, 6.45) is 5.05. The number of amides is 2. The van der Waals surface area contributed by atoms with Crippen molar-refractivity contribution < 1.29 is 4.79 Å². The van der Waals surface area contributed by atoms with Crippen LogP contribution in [0.25, 0.3) is 33.1 Å². The Morgan fingerprint density at radius 3 is 2.66 bits per heavy atom. The number of rotatable bonds is 4. The summed E-state index contributed by atoms with van der Waals surface area (Å²) >= 11 is 0. The lowest BCUT2D eigenvalue weighted by molar-refractivity contribution is 0.262. The molecule has 2 amide bonds. The Balaban J connectivity index is 1.43. The van der Waals surface area contributed by atoms with Gasteiger partial charge >= 0.3 is 6.03 Å². The average molecular weight is 504 g/mol. The number of benzene rings is 3. The van der Waals surface area contributed by atoms with E-state index in [2.05, 4.69) is 31.4 Å². The van der Waals surface area contributed by atoms with Gasteiger partial charge in [-0.1, -0.05) is 48.5 Å². The number of hydrogen-bond acceptors (Lipinski definition) is 5. The van der Waals surface area contributed by atoms with Crippen LogP contribution in [0, 0.1) is 13.8 Å². The van der Waals surface area contributed by atoms with E-state index in [1.165, 1.54) is 5.57 Å². The van der Waals surface area contributed by atoms with E-state index in [4.69, 9.17) is 10.7 Å². The fraction of sp³-hybridized carbons (Fsp3) is 0.167. The molecule has 3 aromatic carbocycles. The molecule has 8 nitrogen and oxygen atoms in total. The number of anilines is 3. The Morgan fingerprint density at radius 2 is 1.87 bits per heavy atom. The third-order valence-electron chi connectivity index (χ3n) is 6.91. The van der Waals surface area contributed by atoms with Gasteiger partial charge in [-0.2, -0.15) is 0 Å². The van der Waals surface area contributed by atoms with Crippen LogP contribution in [0.2, 0.25) is 0 Å². The highest BCUT2D eigenvalue weighted by molar-refractivity contribution is 6.11. The second-order valence-corrected chi connectivity index (χ2v) is 9.57. The predicted molar refractivity (Wildman–Crippen MR) is 154 cm³/mol. The molecule has 5 N–H and O–H groups in total. The van der Waals surface area contributed by atoms with Gasteiger partial charge in [-0.05, 0) is 61.5 Å². The van der Waals surface area contributed by atoms with Gasteiger partial charge in [0.15, 0.2) is 0 Å². The molecule has 1 aliphatic heterocycles. The number of carbonyl (C=O) groups is 1. The maximum atomic E-state index is 12.8. The summed E-state index contributed by atoms with van der Waals surface area (Å²) in [5.41, 5.74) is 13.6. The molecule has 6 rings (SSSR count). The van der Waals surface area contributed by atoms with E-state index in [1.54, 1.807) is 0 Å². The largest absolute Gasteiger partial charge is 0.382 e. The molecule has 2 aromatic heterocycles. The number of nitrogens with two attached hydrogens (primary N) is 1. The fourth-order valence-electron chi connectivity index (χ4n) is 5.19. The van der Waals surface area contributed by atoms with E-state index in [1.807, 2.05) is 80.7 Å². The molecule has 0 bridgehead atoms. The zero-order chi connectivity index (χ0) is 26.2. The minimum Gasteiger partial charge on any atom is -0.382 e. The third kappa shape index (κ3) is 4.25. The molecule has 8 heteroatoms. The Kier molecular flexibility index (Phi) is 6.01. The summed E-state index contributed by atoms with van der Waals surface area (Å²) in [6.45, 7) is 5.73.